The molecule has 1 aromatic carbocycles. The Morgan fingerprint density at radius 2 is 2.19 bits per heavy atom. The van der Waals surface area contributed by atoms with Gasteiger partial charge in [0.2, 0.25) is 5.91 Å². The first kappa shape index (κ1) is 12.8. The first-order valence-corrected chi connectivity index (χ1v) is 5.64. The van der Waals surface area contributed by atoms with Gasteiger partial charge in [0.05, 0.1) is 13.5 Å². The number of carbonyl (C=O) groups excluding carboxylic acids is 1. The summed E-state index contributed by atoms with van der Waals surface area (Å²) >= 11 is 3.18. The maximum Gasteiger partial charge on any atom is 0.224 e. The van der Waals surface area contributed by atoms with Crippen LogP contribution in [0.25, 0.3) is 0 Å². The van der Waals surface area contributed by atoms with Crippen LogP contribution < -0.4 is 10.1 Å². The van der Waals surface area contributed by atoms with Crippen molar-refractivity contribution in [2.75, 3.05) is 13.7 Å². The Morgan fingerprint density at radius 3 is 2.81 bits per heavy atom. The van der Waals surface area contributed by atoms with Crippen LogP contribution in [-0.4, -0.2) is 19.6 Å². The number of halogens is 1. The molecule has 0 aliphatic carbocycles. The Morgan fingerprint density at radius 1 is 1.50 bits per heavy atom. The molecule has 0 aromatic heterocycles. The van der Waals surface area contributed by atoms with Gasteiger partial charge in [-0.3, -0.25) is 4.79 Å². The van der Waals surface area contributed by atoms with E-state index in [0.717, 1.165) is 15.8 Å². The minimum Gasteiger partial charge on any atom is -0.496 e. The van der Waals surface area contributed by atoms with E-state index in [1.165, 1.54) is 0 Å². The highest BCUT2D eigenvalue weighted by atomic mass is 79.9. The van der Waals surface area contributed by atoms with Gasteiger partial charge < -0.3 is 10.1 Å². The lowest BCUT2D eigenvalue weighted by atomic mass is 10.1. The van der Waals surface area contributed by atoms with Gasteiger partial charge in [-0.1, -0.05) is 40.7 Å². The largest absolute Gasteiger partial charge is 0.496 e. The van der Waals surface area contributed by atoms with Gasteiger partial charge in [-0.2, -0.15) is 0 Å². The predicted octanol–water partition coefficient (Wildman–Crippen LogP) is 2.26. The average molecular weight is 284 g/mol. The molecule has 0 spiro atoms. The number of hydrogen-bond acceptors (Lipinski definition) is 2. The van der Waals surface area contributed by atoms with E-state index in [9.17, 15) is 4.79 Å². The first-order chi connectivity index (χ1) is 7.63. The summed E-state index contributed by atoms with van der Waals surface area (Å²) in [5.74, 6) is 0.681. The standard InChI is InChI=1S/C12H14BrNO2/c1-9(13)8-14-12(15)7-10-5-3-4-6-11(10)16-2/h3-6H,1,7-8H2,2H3,(H,14,15). The van der Waals surface area contributed by atoms with Gasteiger partial charge in [-0.05, 0) is 6.07 Å². The monoisotopic (exact) mass is 283 g/mol. The molecule has 3 nitrogen and oxygen atoms in total. The highest BCUT2D eigenvalue weighted by molar-refractivity contribution is 9.11. The van der Waals surface area contributed by atoms with Gasteiger partial charge in [0.1, 0.15) is 5.75 Å². The summed E-state index contributed by atoms with van der Waals surface area (Å²) < 4.78 is 5.92. The normalized spacial score (nSPS) is 9.62. The van der Waals surface area contributed by atoms with Crippen molar-refractivity contribution in [2.24, 2.45) is 0 Å². The molecule has 1 N–H and O–H groups in total. The zero-order chi connectivity index (χ0) is 12.0. The quantitative estimate of drug-likeness (QED) is 0.900. The fraction of sp³-hybridized carbons (Fsp3) is 0.250. The molecule has 0 unspecified atom stereocenters. The third-order valence-corrected chi connectivity index (χ3v) is 2.30. The zero-order valence-corrected chi connectivity index (χ0v) is 10.7. The number of benzene rings is 1. The van der Waals surface area contributed by atoms with Crippen molar-refractivity contribution >= 4 is 21.8 Å². The number of methoxy groups -OCH3 is 1. The number of carbonyl (C=O) groups is 1. The Balaban J connectivity index is 2.58. The van der Waals surface area contributed by atoms with Crippen molar-refractivity contribution in [3.05, 3.63) is 40.9 Å². The Bertz CT molecular complexity index is 390. The van der Waals surface area contributed by atoms with E-state index < -0.39 is 0 Å². The van der Waals surface area contributed by atoms with Crippen molar-refractivity contribution in [1.29, 1.82) is 0 Å². The summed E-state index contributed by atoms with van der Waals surface area (Å²) in [6, 6.07) is 7.47. The third kappa shape index (κ3) is 4.06. The van der Waals surface area contributed by atoms with Gasteiger partial charge in [-0.25, -0.2) is 0 Å². The maximum atomic E-state index is 11.6. The second-order valence-corrected chi connectivity index (χ2v) is 4.40. The van der Waals surface area contributed by atoms with E-state index in [1.807, 2.05) is 24.3 Å². The molecule has 0 saturated carbocycles. The highest BCUT2D eigenvalue weighted by Gasteiger charge is 2.07. The first-order valence-electron chi connectivity index (χ1n) is 4.85. The van der Waals surface area contributed by atoms with E-state index >= 15 is 0 Å². The number of hydrogen-bond donors (Lipinski definition) is 1. The van der Waals surface area contributed by atoms with Crippen LogP contribution in [0, 0.1) is 0 Å². The van der Waals surface area contributed by atoms with E-state index in [1.54, 1.807) is 7.11 Å². The second-order valence-electron chi connectivity index (χ2n) is 3.28. The summed E-state index contributed by atoms with van der Waals surface area (Å²) in [5, 5.41) is 2.74. The number of rotatable bonds is 5. The molecule has 1 aromatic rings. The molecular formula is C12H14BrNO2. The van der Waals surface area contributed by atoms with Crippen LogP contribution in [0.5, 0.6) is 5.75 Å². The Kier molecular flexibility index (Phi) is 5.05. The van der Waals surface area contributed by atoms with Crippen LogP contribution >= 0.6 is 15.9 Å². The molecule has 0 heterocycles. The molecule has 1 amide bonds. The van der Waals surface area contributed by atoms with Crippen molar-refractivity contribution in [2.45, 2.75) is 6.42 Å². The lowest BCUT2D eigenvalue weighted by molar-refractivity contribution is -0.120. The zero-order valence-electron chi connectivity index (χ0n) is 9.13. The van der Waals surface area contributed by atoms with Crippen LogP contribution in [0.2, 0.25) is 0 Å². The summed E-state index contributed by atoms with van der Waals surface area (Å²) in [5.41, 5.74) is 0.877. The van der Waals surface area contributed by atoms with Crippen molar-refractivity contribution in [3.63, 3.8) is 0 Å². The Labute approximate surface area is 104 Å². The van der Waals surface area contributed by atoms with Gasteiger partial charge in [0.15, 0.2) is 0 Å². The van der Waals surface area contributed by atoms with E-state index in [-0.39, 0.29) is 5.91 Å². The third-order valence-electron chi connectivity index (χ3n) is 2.02. The van der Waals surface area contributed by atoms with Crippen LogP contribution in [0.4, 0.5) is 0 Å². The van der Waals surface area contributed by atoms with Gasteiger partial charge >= 0.3 is 0 Å². The van der Waals surface area contributed by atoms with Gasteiger partial charge in [0.25, 0.3) is 0 Å². The molecule has 4 heteroatoms. The number of nitrogens with one attached hydrogen (secondary N) is 1. The number of ether oxygens (including phenoxy) is 1. The molecule has 0 aliphatic rings. The Hall–Kier alpha value is -1.29. The number of amides is 1. The van der Waals surface area contributed by atoms with Crippen molar-refractivity contribution in [1.82, 2.24) is 5.32 Å². The fourth-order valence-electron chi connectivity index (χ4n) is 1.28. The minimum atomic E-state index is -0.0508. The lowest BCUT2D eigenvalue weighted by Crippen LogP contribution is -2.26. The number of para-hydroxylation sites is 1. The highest BCUT2D eigenvalue weighted by Crippen LogP contribution is 2.17. The van der Waals surface area contributed by atoms with Crippen LogP contribution in [0.15, 0.2) is 35.3 Å². The van der Waals surface area contributed by atoms with Gasteiger partial charge in [-0.15, -0.1) is 0 Å². The summed E-state index contributed by atoms with van der Waals surface area (Å²) in [4.78, 5) is 11.6. The minimum absolute atomic E-state index is 0.0508. The smallest absolute Gasteiger partial charge is 0.224 e. The van der Waals surface area contributed by atoms with E-state index in [2.05, 4.69) is 27.8 Å². The van der Waals surface area contributed by atoms with Crippen molar-refractivity contribution < 1.29 is 9.53 Å². The fourth-order valence-corrected chi connectivity index (χ4v) is 1.42. The lowest BCUT2D eigenvalue weighted by Gasteiger charge is -2.08. The average Bonchev–Trinajstić information content (AvgIpc) is 2.27. The molecule has 0 aliphatic heterocycles. The molecule has 1 rings (SSSR count). The predicted molar refractivity (Wildman–Crippen MR) is 67.8 cm³/mol. The van der Waals surface area contributed by atoms with Crippen LogP contribution in [0.3, 0.4) is 0 Å². The van der Waals surface area contributed by atoms with E-state index in [4.69, 9.17) is 4.74 Å². The van der Waals surface area contributed by atoms with E-state index in [0.29, 0.717) is 13.0 Å². The van der Waals surface area contributed by atoms with Crippen molar-refractivity contribution in [3.8, 4) is 5.75 Å². The molecule has 0 fully saturated rings. The molecule has 0 bridgehead atoms. The van der Waals surface area contributed by atoms with Crippen LogP contribution in [0.1, 0.15) is 5.56 Å². The maximum absolute atomic E-state index is 11.6. The molecule has 16 heavy (non-hydrogen) atoms. The van der Waals surface area contributed by atoms with Crippen LogP contribution in [-0.2, 0) is 11.2 Å². The summed E-state index contributed by atoms with van der Waals surface area (Å²) in [6.07, 6.45) is 0.310. The summed E-state index contributed by atoms with van der Waals surface area (Å²) in [6.45, 7) is 4.08. The SMILES string of the molecule is C=C(Br)CNC(=O)Cc1ccccc1OC. The molecule has 0 atom stereocenters. The molecule has 0 saturated heterocycles. The summed E-state index contributed by atoms with van der Waals surface area (Å²) in [7, 11) is 1.59. The molecule has 86 valence electrons. The topological polar surface area (TPSA) is 38.3 Å². The molecule has 0 radical (unpaired) electrons. The van der Waals surface area contributed by atoms with Gasteiger partial charge in [0, 0.05) is 16.6 Å². The second kappa shape index (κ2) is 6.33. The molecular weight excluding hydrogens is 270 g/mol.